The molecule has 16 heavy (non-hydrogen) atoms. The topological polar surface area (TPSA) is 41.5 Å². The van der Waals surface area contributed by atoms with Crippen molar-refractivity contribution in [3.63, 3.8) is 0 Å². The van der Waals surface area contributed by atoms with Gasteiger partial charge >= 0.3 is 0 Å². The fourth-order valence-electron chi connectivity index (χ4n) is 2.51. The Morgan fingerprint density at radius 2 is 2.12 bits per heavy atom. The van der Waals surface area contributed by atoms with E-state index in [1.165, 1.54) is 29.5 Å². The third kappa shape index (κ3) is 2.06. The molecule has 88 valence electrons. The van der Waals surface area contributed by atoms with E-state index in [1.807, 2.05) is 6.07 Å². The highest BCUT2D eigenvalue weighted by Gasteiger charge is 2.17. The van der Waals surface area contributed by atoms with Gasteiger partial charge < -0.3 is 9.94 Å². The third-order valence-electron chi connectivity index (χ3n) is 3.43. The summed E-state index contributed by atoms with van der Waals surface area (Å²) < 4.78 is 0. The van der Waals surface area contributed by atoms with Gasteiger partial charge in [-0.05, 0) is 55.4 Å². The lowest BCUT2D eigenvalue weighted by Crippen LogP contribution is -2.14. The molecule has 3 heteroatoms. The third-order valence-corrected chi connectivity index (χ3v) is 3.43. The van der Waals surface area contributed by atoms with Crippen molar-refractivity contribution in [1.29, 1.82) is 0 Å². The number of aryl methyl sites for hydroxylation is 1. The maximum absolute atomic E-state index is 9.98. The van der Waals surface area contributed by atoms with E-state index in [2.05, 4.69) is 12.4 Å². The number of hydrogen-bond acceptors (Lipinski definition) is 3. The van der Waals surface area contributed by atoms with Crippen molar-refractivity contribution in [1.82, 2.24) is 5.48 Å². The summed E-state index contributed by atoms with van der Waals surface area (Å²) in [5, 5.41) is 9.98. The number of hydroxylamine groups is 1. The van der Waals surface area contributed by atoms with E-state index in [4.69, 9.17) is 4.84 Å². The monoisotopic (exact) mass is 221 g/mol. The van der Waals surface area contributed by atoms with Gasteiger partial charge in [0.15, 0.2) is 0 Å². The molecule has 0 saturated heterocycles. The van der Waals surface area contributed by atoms with Gasteiger partial charge in [0.1, 0.15) is 5.75 Å². The summed E-state index contributed by atoms with van der Waals surface area (Å²) in [5.41, 5.74) is 7.72. The molecule has 2 rings (SSSR count). The van der Waals surface area contributed by atoms with Crippen LogP contribution in [0.3, 0.4) is 0 Å². The van der Waals surface area contributed by atoms with Gasteiger partial charge in [0, 0.05) is 12.1 Å². The number of fused-ring (bicyclic) bond motifs is 1. The molecular formula is C13H19NO2. The summed E-state index contributed by atoms with van der Waals surface area (Å²) >= 11 is 0. The van der Waals surface area contributed by atoms with Gasteiger partial charge in [0.25, 0.3) is 0 Å². The molecule has 0 saturated carbocycles. The standard InChI is InChI=1S/C13H19NO2/c1-9-11-6-4-3-5-10(11)7-13(15)12(9)8-14-16-2/h7,14-15H,3-6,8H2,1-2H3. The first-order valence-corrected chi connectivity index (χ1v) is 5.83. The van der Waals surface area contributed by atoms with E-state index in [-0.39, 0.29) is 0 Å². The van der Waals surface area contributed by atoms with Gasteiger partial charge in [-0.3, -0.25) is 0 Å². The van der Waals surface area contributed by atoms with Crippen molar-refractivity contribution in [2.75, 3.05) is 7.11 Å². The molecule has 0 amide bonds. The summed E-state index contributed by atoms with van der Waals surface area (Å²) in [4.78, 5) is 4.84. The SMILES string of the molecule is CONCc1c(O)cc2c(c1C)CCCC2. The van der Waals surface area contributed by atoms with Crippen molar-refractivity contribution in [3.05, 3.63) is 28.3 Å². The number of nitrogens with one attached hydrogen (secondary N) is 1. The van der Waals surface area contributed by atoms with E-state index in [9.17, 15) is 5.11 Å². The molecule has 0 unspecified atom stereocenters. The Balaban J connectivity index is 2.37. The second-order valence-electron chi connectivity index (χ2n) is 4.37. The fraction of sp³-hybridized carbons (Fsp3) is 0.538. The summed E-state index contributed by atoms with van der Waals surface area (Å²) in [6, 6.07) is 1.92. The van der Waals surface area contributed by atoms with E-state index < -0.39 is 0 Å². The molecule has 0 spiro atoms. The molecule has 0 bridgehead atoms. The first-order chi connectivity index (χ1) is 7.74. The van der Waals surface area contributed by atoms with E-state index in [0.717, 1.165) is 18.4 Å². The normalized spacial score (nSPS) is 14.9. The largest absolute Gasteiger partial charge is 0.508 e. The molecule has 0 aromatic heterocycles. The minimum absolute atomic E-state index is 0.391. The smallest absolute Gasteiger partial charge is 0.120 e. The number of aromatic hydroxyl groups is 1. The van der Waals surface area contributed by atoms with E-state index in [0.29, 0.717) is 12.3 Å². The zero-order valence-corrected chi connectivity index (χ0v) is 9.97. The van der Waals surface area contributed by atoms with Crippen LogP contribution < -0.4 is 5.48 Å². The van der Waals surface area contributed by atoms with Crippen LogP contribution in [0.2, 0.25) is 0 Å². The van der Waals surface area contributed by atoms with E-state index >= 15 is 0 Å². The molecule has 0 heterocycles. The average molecular weight is 221 g/mol. The second kappa shape index (κ2) is 4.85. The zero-order chi connectivity index (χ0) is 11.5. The predicted octanol–water partition coefficient (Wildman–Crippen LogP) is 2.23. The first kappa shape index (κ1) is 11.4. The van der Waals surface area contributed by atoms with Crippen molar-refractivity contribution in [2.24, 2.45) is 0 Å². The molecule has 0 radical (unpaired) electrons. The van der Waals surface area contributed by atoms with Crippen molar-refractivity contribution in [3.8, 4) is 5.75 Å². The number of hydrogen-bond donors (Lipinski definition) is 2. The molecule has 1 aliphatic rings. The average Bonchev–Trinajstić information content (AvgIpc) is 2.29. The van der Waals surface area contributed by atoms with Crippen LogP contribution >= 0.6 is 0 Å². The van der Waals surface area contributed by atoms with Gasteiger partial charge in [-0.1, -0.05) is 0 Å². The van der Waals surface area contributed by atoms with Crippen LogP contribution in [0.1, 0.15) is 35.1 Å². The Kier molecular flexibility index (Phi) is 3.46. The molecule has 3 nitrogen and oxygen atoms in total. The Morgan fingerprint density at radius 3 is 2.88 bits per heavy atom. The summed E-state index contributed by atoms with van der Waals surface area (Å²) in [6.45, 7) is 2.65. The lowest BCUT2D eigenvalue weighted by molar-refractivity contribution is 0.0860. The molecule has 0 aliphatic heterocycles. The van der Waals surface area contributed by atoms with Crippen LogP contribution in [-0.2, 0) is 24.2 Å². The van der Waals surface area contributed by atoms with Crippen LogP contribution in [0.5, 0.6) is 5.75 Å². The van der Waals surface area contributed by atoms with Gasteiger partial charge in [0.05, 0.1) is 7.11 Å². The van der Waals surface area contributed by atoms with Crippen LogP contribution in [0.25, 0.3) is 0 Å². The van der Waals surface area contributed by atoms with Crippen molar-refractivity contribution >= 4 is 0 Å². The summed E-state index contributed by atoms with van der Waals surface area (Å²) in [6.07, 6.45) is 4.74. The van der Waals surface area contributed by atoms with Crippen LogP contribution in [0.15, 0.2) is 6.07 Å². The van der Waals surface area contributed by atoms with Gasteiger partial charge in [0.2, 0.25) is 0 Å². The molecule has 2 N–H and O–H groups in total. The van der Waals surface area contributed by atoms with Gasteiger partial charge in [-0.25, -0.2) is 0 Å². The van der Waals surface area contributed by atoms with Crippen LogP contribution in [0.4, 0.5) is 0 Å². The van der Waals surface area contributed by atoms with Crippen molar-refractivity contribution < 1.29 is 9.94 Å². The van der Waals surface area contributed by atoms with E-state index in [1.54, 1.807) is 7.11 Å². The molecule has 0 atom stereocenters. The fourth-order valence-corrected chi connectivity index (χ4v) is 2.51. The Morgan fingerprint density at radius 1 is 1.38 bits per heavy atom. The molecule has 1 aromatic carbocycles. The highest BCUT2D eigenvalue weighted by Crippen LogP contribution is 2.32. The number of benzene rings is 1. The summed E-state index contributed by atoms with van der Waals surface area (Å²) in [7, 11) is 1.59. The maximum Gasteiger partial charge on any atom is 0.120 e. The maximum atomic E-state index is 9.98. The first-order valence-electron chi connectivity index (χ1n) is 5.83. The number of phenolic OH excluding ortho intramolecular Hbond substituents is 1. The minimum atomic E-state index is 0.391. The Bertz CT molecular complexity index is 388. The van der Waals surface area contributed by atoms with Gasteiger partial charge in [-0.15, -0.1) is 0 Å². The number of rotatable bonds is 3. The summed E-state index contributed by atoms with van der Waals surface area (Å²) in [5.74, 6) is 0.391. The second-order valence-corrected chi connectivity index (χ2v) is 4.37. The zero-order valence-electron chi connectivity index (χ0n) is 9.97. The highest BCUT2D eigenvalue weighted by atomic mass is 16.6. The quantitative estimate of drug-likeness (QED) is 0.769. The number of phenols is 1. The van der Waals surface area contributed by atoms with Gasteiger partial charge in [-0.2, -0.15) is 5.48 Å². The van der Waals surface area contributed by atoms with Crippen LogP contribution in [0, 0.1) is 6.92 Å². The Labute approximate surface area is 96.4 Å². The predicted molar refractivity (Wildman–Crippen MR) is 63.3 cm³/mol. The van der Waals surface area contributed by atoms with Crippen LogP contribution in [-0.4, -0.2) is 12.2 Å². The van der Waals surface area contributed by atoms with Crippen molar-refractivity contribution in [2.45, 2.75) is 39.2 Å². The molecule has 1 aromatic rings. The Hall–Kier alpha value is -1.06. The lowest BCUT2D eigenvalue weighted by Gasteiger charge is -2.21. The molecule has 1 aliphatic carbocycles. The molecular weight excluding hydrogens is 202 g/mol. The lowest BCUT2D eigenvalue weighted by atomic mass is 9.86. The minimum Gasteiger partial charge on any atom is -0.508 e. The molecule has 0 fully saturated rings. The highest BCUT2D eigenvalue weighted by molar-refractivity contribution is 5.49.